The average Bonchev–Trinajstić information content (AvgIpc) is 2.94. The van der Waals surface area contributed by atoms with Gasteiger partial charge < -0.3 is 10.5 Å². The van der Waals surface area contributed by atoms with Gasteiger partial charge in [0.1, 0.15) is 5.75 Å². The van der Waals surface area contributed by atoms with E-state index in [-0.39, 0.29) is 5.41 Å². The number of hydrogen-bond donors (Lipinski definition) is 1. The molecule has 1 aromatic carbocycles. The molecule has 2 nitrogen and oxygen atoms in total. The molecule has 3 heteroatoms. The Labute approximate surface area is 94.4 Å². The van der Waals surface area contributed by atoms with Crippen molar-refractivity contribution < 1.29 is 4.74 Å². The van der Waals surface area contributed by atoms with Gasteiger partial charge >= 0.3 is 0 Å². The molecule has 1 aromatic rings. The van der Waals surface area contributed by atoms with E-state index < -0.39 is 0 Å². The number of halogens is 1. The molecule has 1 heterocycles. The lowest BCUT2D eigenvalue weighted by Crippen LogP contribution is -2.24. The van der Waals surface area contributed by atoms with Crippen LogP contribution in [0.3, 0.4) is 0 Å². The third-order valence-corrected chi connectivity index (χ3v) is 4.04. The summed E-state index contributed by atoms with van der Waals surface area (Å²) < 4.78 is 5.65. The van der Waals surface area contributed by atoms with Crippen LogP contribution in [-0.2, 0) is 5.41 Å². The summed E-state index contributed by atoms with van der Waals surface area (Å²) >= 11 is 6.04. The number of rotatable bonds is 1. The highest BCUT2D eigenvalue weighted by atomic mass is 35.5. The van der Waals surface area contributed by atoms with Crippen LogP contribution in [0.15, 0.2) is 18.2 Å². The highest BCUT2D eigenvalue weighted by Crippen LogP contribution is 2.60. The molecule has 1 spiro atoms. The molecule has 1 saturated carbocycles. The predicted octanol–water partition coefficient (Wildman–Crippen LogP) is 2.34. The number of hydrogen-bond acceptors (Lipinski definition) is 2. The standard InChI is InChI=1S/C12H14ClNO/c13-9-1-2-11-10(5-9)12(3-4-15-11)6-8(12)7-14/h1-2,5,8H,3-4,6-7,14H2/t8-,12+/m0/s1. The normalized spacial score (nSPS) is 32.3. The van der Waals surface area contributed by atoms with Gasteiger partial charge in [0.15, 0.2) is 0 Å². The van der Waals surface area contributed by atoms with Crippen molar-refractivity contribution in [3.63, 3.8) is 0 Å². The first kappa shape index (κ1) is 9.49. The summed E-state index contributed by atoms with van der Waals surface area (Å²) in [5.41, 5.74) is 7.32. The van der Waals surface area contributed by atoms with E-state index in [0.717, 1.165) is 30.3 Å². The Morgan fingerprint density at radius 1 is 1.53 bits per heavy atom. The number of benzene rings is 1. The van der Waals surface area contributed by atoms with Crippen molar-refractivity contribution in [1.29, 1.82) is 0 Å². The van der Waals surface area contributed by atoms with E-state index >= 15 is 0 Å². The van der Waals surface area contributed by atoms with Gasteiger partial charge in [0.2, 0.25) is 0 Å². The van der Waals surface area contributed by atoms with Crippen molar-refractivity contribution in [2.24, 2.45) is 11.7 Å². The first-order chi connectivity index (χ1) is 7.26. The first-order valence-corrected chi connectivity index (χ1v) is 5.77. The Morgan fingerprint density at radius 3 is 3.13 bits per heavy atom. The summed E-state index contributed by atoms with van der Waals surface area (Å²) in [5, 5.41) is 0.793. The van der Waals surface area contributed by atoms with Crippen molar-refractivity contribution in [1.82, 2.24) is 0 Å². The molecule has 1 aliphatic carbocycles. The molecule has 0 radical (unpaired) electrons. The summed E-state index contributed by atoms with van der Waals surface area (Å²) in [6, 6.07) is 5.91. The number of nitrogens with two attached hydrogens (primary N) is 1. The van der Waals surface area contributed by atoms with Crippen molar-refractivity contribution in [3.05, 3.63) is 28.8 Å². The SMILES string of the molecule is NC[C@@H]1C[C@]12CCOc1ccc(Cl)cc12. The van der Waals surface area contributed by atoms with Crippen LogP contribution in [0, 0.1) is 5.92 Å². The maximum absolute atomic E-state index is 6.04. The molecule has 15 heavy (non-hydrogen) atoms. The van der Waals surface area contributed by atoms with Crippen LogP contribution in [-0.4, -0.2) is 13.2 Å². The second-order valence-corrected chi connectivity index (χ2v) is 4.97. The van der Waals surface area contributed by atoms with Gasteiger partial charge in [-0.1, -0.05) is 11.6 Å². The molecule has 0 saturated heterocycles. The zero-order valence-corrected chi connectivity index (χ0v) is 9.26. The van der Waals surface area contributed by atoms with E-state index in [1.807, 2.05) is 18.2 Å². The third kappa shape index (κ3) is 1.28. The van der Waals surface area contributed by atoms with Crippen LogP contribution in [0.25, 0.3) is 0 Å². The first-order valence-electron chi connectivity index (χ1n) is 5.39. The molecule has 1 fully saturated rings. The van der Waals surface area contributed by atoms with Crippen LogP contribution in [0.2, 0.25) is 5.02 Å². The molecule has 3 rings (SSSR count). The topological polar surface area (TPSA) is 35.2 Å². The summed E-state index contributed by atoms with van der Waals surface area (Å²) in [7, 11) is 0. The van der Waals surface area contributed by atoms with Gasteiger partial charge in [-0.25, -0.2) is 0 Å². The minimum atomic E-state index is 0.285. The summed E-state index contributed by atoms with van der Waals surface area (Å²) in [5.74, 6) is 1.63. The Balaban J connectivity index is 2.07. The van der Waals surface area contributed by atoms with Gasteiger partial charge in [0.05, 0.1) is 6.61 Å². The molecule has 2 atom stereocenters. The highest BCUT2D eigenvalue weighted by molar-refractivity contribution is 6.30. The Kier molecular flexibility index (Phi) is 1.98. The van der Waals surface area contributed by atoms with Crippen LogP contribution >= 0.6 is 11.6 Å². The molecule has 1 aliphatic heterocycles. The van der Waals surface area contributed by atoms with Crippen LogP contribution < -0.4 is 10.5 Å². The van der Waals surface area contributed by atoms with E-state index in [2.05, 4.69) is 0 Å². The van der Waals surface area contributed by atoms with E-state index in [9.17, 15) is 0 Å². The lowest BCUT2D eigenvalue weighted by molar-refractivity contribution is 0.254. The Hall–Kier alpha value is -0.730. The molecular weight excluding hydrogens is 210 g/mol. The van der Waals surface area contributed by atoms with Gasteiger partial charge in [-0.15, -0.1) is 0 Å². The molecule has 0 bridgehead atoms. The monoisotopic (exact) mass is 223 g/mol. The zero-order valence-electron chi connectivity index (χ0n) is 8.50. The maximum Gasteiger partial charge on any atom is 0.123 e. The lowest BCUT2D eigenvalue weighted by Gasteiger charge is -2.27. The van der Waals surface area contributed by atoms with Crippen molar-refractivity contribution >= 4 is 11.6 Å². The molecule has 2 aliphatic rings. The summed E-state index contributed by atoms with van der Waals surface area (Å²) in [6.45, 7) is 1.58. The minimum Gasteiger partial charge on any atom is -0.493 e. The fourth-order valence-electron chi connectivity index (χ4n) is 2.82. The van der Waals surface area contributed by atoms with E-state index in [1.165, 1.54) is 12.0 Å². The molecule has 0 unspecified atom stereocenters. The quantitative estimate of drug-likeness (QED) is 0.793. The average molecular weight is 224 g/mol. The van der Waals surface area contributed by atoms with Crippen molar-refractivity contribution in [3.8, 4) is 5.75 Å². The summed E-state index contributed by atoms with van der Waals surface area (Å²) in [6.07, 6.45) is 2.28. The smallest absolute Gasteiger partial charge is 0.123 e. The minimum absolute atomic E-state index is 0.285. The van der Waals surface area contributed by atoms with Crippen LogP contribution in [0.4, 0.5) is 0 Å². The second kappa shape index (κ2) is 3.13. The van der Waals surface area contributed by atoms with Crippen LogP contribution in [0.1, 0.15) is 18.4 Å². The molecule has 2 N–H and O–H groups in total. The largest absolute Gasteiger partial charge is 0.493 e. The van der Waals surface area contributed by atoms with Gasteiger partial charge in [-0.3, -0.25) is 0 Å². The van der Waals surface area contributed by atoms with Crippen LogP contribution in [0.5, 0.6) is 5.75 Å². The Bertz CT molecular complexity index is 407. The third-order valence-electron chi connectivity index (χ3n) is 3.80. The van der Waals surface area contributed by atoms with E-state index in [4.69, 9.17) is 22.1 Å². The molecule has 0 aromatic heterocycles. The highest BCUT2D eigenvalue weighted by Gasteiger charge is 2.56. The fraction of sp³-hybridized carbons (Fsp3) is 0.500. The van der Waals surface area contributed by atoms with Gasteiger partial charge in [0.25, 0.3) is 0 Å². The van der Waals surface area contributed by atoms with Gasteiger partial charge in [-0.2, -0.15) is 0 Å². The number of fused-ring (bicyclic) bond motifs is 2. The van der Waals surface area contributed by atoms with E-state index in [0.29, 0.717) is 5.92 Å². The fourth-order valence-corrected chi connectivity index (χ4v) is 2.99. The zero-order chi connectivity index (χ0) is 10.5. The van der Waals surface area contributed by atoms with Crippen molar-refractivity contribution in [2.75, 3.05) is 13.2 Å². The van der Waals surface area contributed by atoms with Crippen molar-refractivity contribution in [2.45, 2.75) is 18.3 Å². The predicted molar refractivity (Wildman–Crippen MR) is 60.4 cm³/mol. The molecule has 80 valence electrons. The molecular formula is C12H14ClNO. The van der Waals surface area contributed by atoms with Gasteiger partial charge in [0, 0.05) is 16.0 Å². The number of ether oxygens (including phenoxy) is 1. The maximum atomic E-state index is 6.04. The van der Waals surface area contributed by atoms with E-state index in [1.54, 1.807) is 0 Å². The lowest BCUT2D eigenvalue weighted by atomic mass is 9.87. The Morgan fingerprint density at radius 2 is 2.40 bits per heavy atom. The van der Waals surface area contributed by atoms with Gasteiger partial charge in [-0.05, 0) is 43.5 Å². The summed E-state index contributed by atoms with van der Waals surface area (Å²) in [4.78, 5) is 0. The second-order valence-electron chi connectivity index (χ2n) is 4.53. The molecule has 0 amide bonds.